The van der Waals surface area contributed by atoms with Gasteiger partial charge in [-0.15, -0.1) is 0 Å². The summed E-state index contributed by atoms with van der Waals surface area (Å²) < 4.78 is 0. The summed E-state index contributed by atoms with van der Waals surface area (Å²) in [6, 6.07) is 21.7. The zero-order chi connectivity index (χ0) is 25.0. The van der Waals surface area contributed by atoms with Crippen LogP contribution in [0.25, 0.3) is 0 Å². The van der Waals surface area contributed by atoms with Crippen LogP contribution in [-0.4, -0.2) is 99.8 Å². The Morgan fingerprint density at radius 2 is 0.706 bits per heavy atom. The van der Waals surface area contributed by atoms with E-state index in [0.29, 0.717) is 0 Å². The van der Waals surface area contributed by atoms with E-state index in [-0.39, 0.29) is 0 Å². The molecule has 0 unspecified atom stereocenters. The number of hydrogen-bond donors (Lipinski definition) is 0. The maximum absolute atomic E-state index is 2.65. The normalized spacial score (nSPS) is 17.4. The maximum atomic E-state index is 2.65. The van der Waals surface area contributed by atoms with Crippen LogP contribution < -0.4 is 0 Å². The van der Waals surface area contributed by atoms with E-state index >= 15 is 0 Å². The Labute approximate surface area is 250 Å². The van der Waals surface area contributed by atoms with E-state index in [1.165, 1.54) is 76.6 Å². The summed E-state index contributed by atoms with van der Waals surface area (Å²) in [6.45, 7) is 14.2. The van der Waals surface area contributed by atoms with E-state index in [9.17, 15) is 0 Å². The Morgan fingerprint density at radius 1 is 0.441 bits per heavy atom. The molecule has 34 heavy (non-hydrogen) atoms. The van der Waals surface area contributed by atoms with E-state index in [1.807, 2.05) is 14.8 Å². The smallest absolute Gasteiger partial charge is 0.0234 e. The standard InChI is InChI=1S/C24H34N4.3CH3I/c1-3-7-23(8-4-1)21-27-17-13-25(14-18-27)11-12-26-15-19-28(20-16-26)22-24-9-5-2-6-10-24;3*1-2/h1-10H,11-22H2;3*1H3. The lowest BCUT2D eigenvalue weighted by atomic mass is 10.2. The lowest BCUT2D eigenvalue weighted by Gasteiger charge is -2.38. The number of halogens is 3. The highest BCUT2D eigenvalue weighted by molar-refractivity contribution is 14.1. The minimum atomic E-state index is 1.10. The number of benzene rings is 2. The highest BCUT2D eigenvalue weighted by atomic mass is 127. The number of nitrogens with zero attached hydrogens (tertiary/aromatic N) is 4. The molecule has 0 N–H and O–H groups in total. The molecule has 2 saturated heterocycles. The Bertz CT molecular complexity index is 628. The van der Waals surface area contributed by atoms with Gasteiger partial charge in [0.15, 0.2) is 0 Å². The molecule has 0 amide bonds. The third-order valence-electron chi connectivity index (χ3n) is 6.16. The van der Waals surface area contributed by atoms with Gasteiger partial charge in [-0.1, -0.05) is 128 Å². The summed E-state index contributed by atoms with van der Waals surface area (Å²) in [5.74, 6) is 0. The first-order valence-electron chi connectivity index (χ1n) is 12.0. The van der Waals surface area contributed by atoms with Crippen LogP contribution in [0.15, 0.2) is 60.7 Å². The van der Waals surface area contributed by atoms with Crippen LogP contribution in [0, 0.1) is 0 Å². The van der Waals surface area contributed by atoms with E-state index in [1.54, 1.807) is 0 Å². The molecule has 192 valence electrons. The van der Waals surface area contributed by atoms with Gasteiger partial charge in [0.05, 0.1) is 0 Å². The van der Waals surface area contributed by atoms with Crippen LogP contribution in [0.4, 0.5) is 0 Å². The molecule has 2 heterocycles. The highest BCUT2D eigenvalue weighted by Gasteiger charge is 2.20. The van der Waals surface area contributed by atoms with Crippen molar-refractivity contribution in [3.8, 4) is 0 Å². The van der Waals surface area contributed by atoms with Gasteiger partial charge in [-0.25, -0.2) is 0 Å². The first-order valence-corrected chi connectivity index (χ1v) is 18.4. The molecule has 0 bridgehead atoms. The second-order valence-electron chi connectivity index (χ2n) is 8.21. The molecule has 0 spiro atoms. The van der Waals surface area contributed by atoms with Gasteiger partial charge >= 0.3 is 0 Å². The molecule has 0 atom stereocenters. The summed E-state index contributed by atoms with van der Waals surface area (Å²) in [5, 5.41) is 0. The SMILES string of the molecule is CI.CI.CI.c1ccc(CN2CCN(CCN3CCN(Cc4ccccc4)CC3)CC2)cc1. The third kappa shape index (κ3) is 13.1. The van der Waals surface area contributed by atoms with Crippen LogP contribution in [0.2, 0.25) is 0 Å². The van der Waals surface area contributed by atoms with Gasteiger partial charge in [0.2, 0.25) is 0 Å². The molecule has 2 aromatic rings. The number of rotatable bonds is 7. The Balaban J connectivity index is 0.000000894. The van der Waals surface area contributed by atoms with Crippen molar-refractivity contribution in [2.45, 2.75) is 13.1 Å². The van der Waals surface area contributed by atoms with Crippen molar-refractivity contribution in [3.63, 3.8) is 0 Å². The van der Waals surface area contributed by atoms with Crippen LogP contribution in [0.3, 0.4) is 0 Å². The summed E-state index contributed by atoms with van der Waals surface area (Å²) in [6.07, 6.45) is 0. The first kappa shape index (κ1) is 32.5. The summed E-state index contributed by atoms with van der Waals surface area (Å²) in [5.41, 5.74) is 2.87. The van der Waals surface area contributed by atoms with Crippen molar-refractivity contribution in [2.75, 3.05) is 80.2 Å². The van der Waals surface area contributed by atoms with Gasteiger partial charge in [-0.2, -0.15) is 0 Å². The third-order valence-corrected chi connectivity index (χ3v) is 6.16. The molecular weight excluding hydrogens is 761 g/mol. The number of hydrogen-bond acceptors (Lipinski definition) is 4. The predicted molar refractivity (Wildman–Crippen MR) is 176 cm³/mol. The Kier molecular flexibility index (Phi) is 20.6. The van der Waals surface area contributed by atoms with Gasteiger partial charge in [0.1, 0.15) is 0 Å². The molecule has 0 aromatic heterocycles. The van der Waals surface area contributed by atoms with Gasteiger partial charge in [-0.05, 0) is 25.9 Å². The summed E-state index contributed by atoms with van der Waals surface area (Å²) >= 11 is 6.45. The summed E-state index contributed by atoms with van der Waals surface area (Å²) in [4.78, 5) is 16.4. The van der Waals surface area contributed by atoms with Crippen molar-refractivity contribution in [1.82, 2.24) is 19.6 Å². The van der Waals surface area contributed by atoms with Crippen molar-refractivity contribution < 1.29 is 0 Å². The molecule has 2 aliphatic rings. The summed E-state index contributed by atoms with van der Waals surface area (Å²) in [7, 11) is 0. The number of alkyl halides is 3. The lowest BCUT2D eigenvalue weighted by molar-refractivity contribution is 0.0903. The molecule has 0 radical (unpaired) electrons. The van der Waals surface area contributed by atoms with Gasteiger partial charge in [-0.3, -0.25) is 19.6 Å². The number of piperazine rings is 2. The van der Waals surface area contributed by atoms with Crippen LogP contribution in [0.1, 0.15) is 11.1 Å². The minimum Gasteiger partial charge on any atom is -0.300 e. The predicted octanol–water partition coefficient (Wildman–Crippen LogP) is 5.78. The Hall–Kier alpha value is 0.470. The zero-order valence-corrected chi connectivity index (χ0v) is 27.7. The largest absolute Gasteiger partial charge is 0.300 e. The fraction of sp³-hybridized carbons (Fsp3) is 0.556. The average Bonchev–Trinajstić information content (AvgIpc) is 2.94. The topological polar surface area (TPSA) is 13.0 Å². The molecule has 0 saturated carbocycles. The van der Waals surface area contributed by atoms with Crippen molar-refractivity contribution >= 4 is 67.8 Å². The van der Waals surface area contributed by atoms with E-state index < -0.39 is 0 Å². The molecule has 0 aliphatic carbocycles. The quantitative estimate of drug-likeness (QED) is 0.261. The monoisotopic (exact) mass is 804 g/mol. The molecule has 2 fully saturated rings. The zero-order valence-electron chi connectivity index (χ0n) is 21.2. The molecule has 2 aliphatic heterocycles. The van der Waals surface area contributed by atoms with Gasteiger partial charge < -0.3 is 0 Å². The fourth-order valence-electron chi connectivity index (χ4n) is 4.31. The molecule has 2 aromatic carbocycles. The second-order valence-corrected chi connectivity index (χ2v) is 8.21. The average molecular weight is 804 g/mol. The Morgan fingerprint density at radius 3 is 1.00 bits per heavy atom. The van der Waals surface area contributed by atoms with Crippen LogP contribution in [0.5, 0.6) is 0 Å². The van der Waals surface area contributed by atoms with Crippen LogP contribution in [-0.2, 0) is 13.1 Å². The van der Waals surface area contributed by atoms with Crippen LogP contribution >= 0.6 is 67.8 Å². The van der Waals surface area contributed by atoms with Crippen molar-refractivity contribution in [3.05, 3.63) is 71.8 Å². The maximum Gasteiger partial charge on any atom is 0.0234 e. The van der Waals surface area contributed by atoms with Crippen molar-refractivity contribution in [2.24, 2.45) is 0 Å². The van der Waals surface area contributed by atoms with Gasteiger partial charge in [0.25, 0.3) is 0 Å². The van der Waals surface area contributed by atoms with E-state index in [2.05, 4.69) is 148 Å². The lowest BCUT2D eigenvalue weighted by Crippen LogP contribution is -2.51. The van der Waals surface area contributed by atoms with Gasteiger partial charge in [0, 0.05) is 78.5 Å². The molecule has 4 nitrogen and oxygen atoms in total. The van der Waals surface area contributed by atoms with E-state index in [4.69, 9.17) is 0 Å². The fourth-order valence-corrected chi connectivity index (χ4v) is 4.31. The molecule has 7 heteroatoms. The molecule has 4 rings (SSSR count). The van der Waals surface area contributed by atoms with E-state index in [0.717, 1.165) is 13.1 Å². The highest BCUT2D eigenvalue weighted by Crippen LogP contribution is 2.10. The van der Waals surface area contributed by atoms with Crippen molar-refractivity contribution in [1.29, 1.82) is 0 Å². The molecular formula is C27H43I3N4. The minimum absolute atomic E-state index is 1.10. The second kappa shape index (κ2) is 21.5. The first-order chi connectivity index (χ1) is 16.8.